The molecule has 0 radical (unpaired) electrons. The van der Waals surface area contributed by atoms with E-state index in [1.807, 2.05) is 0 Å². The van der Waals surface area contributed by atoms with Gasteiger partial charge in [0.25, 0.3) is 0 Å². The topological polar surface area (TPSA) is 82.1 Å². The molecule has 6 heteroatoms. The van der Waals surface area contributed by atoms with Gasteiger partial charge < -0.3 is 19.3 Å². The van der Waals surface area contributed by atoms with Crippen molar-refractivity contribution in [3.63, 3.8) is 0 Å². The van der Waals surface area contributed by atoms with Crippen LogP contribution < -0.4 is 4.74 Å². The van der Waals surface area contributed by atoms with Crippen LogP contribution in [0.4, 0.5) is 0 Å². The summed E-state index contributed by atoms with van der Waals surface area (Å²) in [5.41, 5.74) is 2.12. The summed E-state index contributed by atoms with van der Waals surface area (Å²) >= 11 is 0. The number of carbonyl (C=O) groups is 2. The predicted octanol–water partition coefficient (Wildman–Crippen LogP) is 3.14. The lowest BCUT2D eigenvalue weighted by Gasteiger charge is -2.25. The fourth-order valence-electron chi connectivity index (χ4n) is 3.30. The minimum atomic E-state index is -0.945. The number of hydrogen-bond donors (Lipinski definition) is 1. The molecule has 6 nitrogen and oxygen atoms in total. The van der Waals surface area contributed by atoms with E-state index in [0.717, 1.165) is 11.8 Å². The van der Waals surface area contributed by atoms with E-state index in [1.54, 1.807) is 19.1 Å². The van der Waals surface area contributed by atoms with Gasteiger partial charge in [-0.3, -0.25) is 9.59 Å². The first-order valence-corrected chi connectivity index (χ1v) is 8.04. The van der Waals surface area contributed by atoms with E-state index in [0.29, 0.717) is 46.9 Å². The van der Waals surface area contributed by atoms with Gasteiger partial charge in [-0.15, -0.1) is 0 Å². The van der Waals surface area contributed by atoms with Gasteiger partial charge in [0.05, 0.1) is 5.56 Å². The van der Waals surface area contributed by atoms with Crippen LogP contribution in [0, 0.1) is 6.92 Å². The number of fused-ring (bicyclic) bond motifs is 2. The minimum absolute atomic E-state index is 0.100. The van der Waals surface area contributed by atoms with Crippen molar-refractivity contribution < 1.29 is 28.9 Å². The Morgan fingerprint density at radius 1 is 1.16 bits per heavy atom. The van der Waals surface area contributed by atoms with Crippen LogP contribution in [0.2, 0.25) is 0 Å². The molecule has 132 valence electrons. The van der Waals surface area contributed by atoms with Crippen LogP contribution in [0.15, 0.2) is 12.1 Å². The summed E-state index contributed by atoms with van der Waals surface area (Å²) in [5, 5.41) is 11.7. The molecule has 1 aliphatic rings. The Labute approximate surface area is 145 Å². The van der Waals surface area contributed by atoms with E-state index in [2.05, 4.69) is 0 Å². The van der Waals surface area contributed by atoms with Gasteiger partial charge in [0, 0.05) is 42.5 Å². The number of benzene rings is 2. The summed E-state index contributed by atoms with van der Waals surface area (Å²) in [7, 11) is 2.90. The molecule has 0 fully saturated rings. The molecule has 0 saturated heterocycles. The Balaban J connectivity index is 2.37. The molecule has 0 amide bonds. The SMILES string of the molecule is COC(OC)Oc1c2c(c(O)c3cc(C=O)c(C)cc13)C(=O)CCC2. The maximum absolute atomic E-state index is 12.4. The van der Waals surface area contributed by atoms with Gasteiger partial charge >= 0.3 is 6.48 Å². The van der Waals surface area contributed by atoms with Crippen LogP contribution >= 0.6 is 0 Å². The third-order valence-electron chi connectivity index (χ3n) is 4.55. The summed E-state index contributed by atoms with van der Waals surface area (Å²) in [6.45, 7) is 0.860. The molecule has 0 heterocycles. The molecule has 2 aromatic rings. The van der Waals surface area contributed by atoms with Gasteiger partial charge in [0.15, 0.2) is 5.78 Å². The lowest BCUT2D eigenvalue weighted by molar-refractivity contribution is -0.218. The summed E-state index contributed by atoms with van der Waals surface area (Å²) in [6, 6.07) is 3.35. The Hall–Kier alpha value is -2.44. The van der Waals surface area contributed by atoms with Crippen molar-refractivity contribution >= 4 is 22.8 Å². The van der Waals surface area contributed by atoms with Gasteiger partial charge in [-0.25, -0.2) is 0 Å². The first-order valence-electron chi connectivity index (χ1n) is 8.04. The number of ether oxygens (including phenoxy) is 3. The number of aldehydes is 1. The maximum Gasteiger partial charge on any atom is 0.315 e. The number of carbonyl (C=O) groups excluding carboxylic acids is 2. The van der Waals surface area contributed by atoms with Gasteiger partial charge in [0.1, 0.15) is 17.8 Å². The number of ketones is 1. The lowest BCUT2D eigenvalue weighted by Crippen LogP contribution is -2.23. The molecule has 2 aromatic carbocycles. The van der Waals surface area contributed by atoms with E-state index >= 15 is 0 Å². The molecule has 1 aliphatic carbocycles. The van der Waals surface area contributed by atoms with Gasteiger partial charge in [-0.2, -0.15) is 0 Å². The second-order valence-electron chi connectivity index (χ2n) is 6.06. The second-order valence-corrected chi connectivity index (χ2v) is 6.06. The average molecular weight is 344 g/mol. The quantitative estimate of drug-likeness (QED) is 0.663. The number of Topliss-reactive ketones (excluding diaryl/α,β-unsaturated/α-hetero) is 1. The molecule has 0 spiro atoms. The van der Waals surface area contributed by atoms with Crippen molar-refractivity contribution in [2.45, 2.75) is 32.7 Å². The Morgan fingerprint density at radius 2 is 1.88 bits per heavy atom. The number of hydrogen-bond acceptors (Lipinski definition) is 6. The highest BCUT2D eigenvalue weighted by Crippen LogP contribution is 2.44. The molecule has 0 saturated carbocycles. The number of methoxy groups -OCH3 is 2. The summed E-state index contributed by atoms with van der Waals surface area (Å²) in [4.78, 5) is 23.7. The molecule has 1 N–H and O–H groups in total. The Morgan fingerprint density at radius 3 is 2.52 bits per heavy atom. The standard InChI is InChI=1S/C19H20O6/c1-10-7-14-13(8-11(10)9-20)17(22)16-12(5-4-6-15(16)21)18(14)25-19(23-2)24-3/h7-9,19,22H,4-6H2,1-3H3. The molecule has 0 bridgehead atoms. The van der Waals surface area contributed by atoms with Crippen molar-refractivity contribution in [2.75, 3.05) is 14.2 Å². The fraction of sp³-hybridized carbons (Fsp3) is 0.368. The Kier molecular flexibility index (Phi) is 4.74. The van der Waals surface area contributed by atoms with E-state index < -0.39 is 6.48 Å². The molecule has 0 atom stereocenters. The molecule has 0 unspecified atom stereocenters. The number of phenols is 1. The largest absolute Gasteiger partial charge is 0.507 e. The lowest BCUT2D eigenvalue weighted by atomic mass is 9.85. The normalized spacial score (nSPS) is 14.0. The molecule has 0 aromatic heterocycles. The second kappa shape index (κ2) is 6.82. The highest BCUT2D eigenvalue weighted by atomic mass is 16.8. The third kappa shape index (κ3) is 2.88. The highest BCUT2D eigenvalue weighted by Gasteiger charge is 2.29. The van der Waals surface area contributed by atoms with E-state index in [1.165, 1.54) is 14.2 Å². The highest BCUT2D eigenvalue weighted by molar-refractivity contribution is 6.10. The zero-order valence-corrected chi connectivity index (χ0v) is 14.4. The van der Waals surface area contributed by atoms with Crippen LogP contribution in [0.3, 0.4) is 0 Å². The van der Waals surface area contributed by atoms with Crippen molar-refractivity contribution in [1.29, 1.82) is 0 Å². The molecular formula is C19H20O6. The summed E-state index contributed by atoms with van der Waals surface area (Å²) < 4.78 is 16.1. The van der Waals surface area contributed by atoms with Gasteiger partial charge in [-0.05, 0) is 37.5 Å². The molecule has 3 rings (SSSR count). The Bertz CT molecular complexity index is 851. The van der Waals surface area contributed by atoms with Gasteiger partial charge in [-0.1, -0.05) is 0 Å². The first kappa shape index (κ1) is 17.4. The number of rotatable bonds is 5. The first-order chi connectivity index (χ1) is 12.0. The van der Waals surface area contributed by atoms with Crippen LogP contribution in [0.5, 0.6) is 11.5 Å². The van der Waals surface area contributed by atoms with Crippen LogP contribution in [0.25, 0.3) is 10.8 Å². The van der Waals surface area contributed by atoms with Gasteiger partial charge in [0.2, 0.25) is 0 Å². The van der Waals surface area contributed by atoms with E-state index in [-0.39, 0.29) is 17.1 Å². The number of aryl methyl sites for hydroxylation is 1. The van der Waals surface area contributed by atoms with Crippen molar-refractivity contribution in [1.82, 2.24) is 0 Å². The molecule has 0 aliphatic heterocycles. The third-order valence-corrected chi connectivity index (χ3v) is 4.55. The summed E-state index contributed by atoms with van der Waals surface area (Å²) in [5.74, 6) is 0.215. The van der Waals surface area contributed by atoms with Crippen LogP contribution in [-0.4, -0.2) is 37.9 Å². The van der Waals surface area contributed by atoms with Crippen LogP contribution in [-0.2, 0) is 15.9 Å². The molecule has 25 heavy (non-hydrogen) atoms. The van der Waals surface area contributed by atoms with E-state index in [4.69, 9.17) is 14.2 Å². The van der Waals surface area contributed by atoms with Crippen molar-refractivity contribution in [3.8, 4) is 11.5 Å². The predicted molar refractivity (Wildman–Crippen MR) is 91.4 cm³/mol. The fourth-order valence-corrected chi connectivity index (χ4v) is 3.30. The van der Waals surface area contributed by atoms with Crippen LogP contribution in [0.1, 0.15) is 44.7 Å². The zero-order valence-electron chi connectivity index (χ0n) is 14.4. The average Bonchev–Trinajstić information content (AvgIpc) is 2.61. The maximum atomic E-state index is 12.4. The minimum Gasteiger partial charge on any atom is -0.507 e. The number of aromatic hydroxyl groups is 1. The number of phenolic OH excluding ortho intramolecular Hbond substituents is 1. The van der Waals surface area contributed by atoms with Crippen molar-refractivity contribution in [2.24, 2.45) is 0 Å². The smallest absolute Gasteiger partial charge is 0.315 e. The molecular weight excluding hydrogens is 324 g/mol. The monoisotopic (exact) mass is 344 g/mol. The summed E-state index contributed by atoms with van der Waals surface area (Å²) in [6.07, 6.45) is 2.39. The van der Waals surface area contributed by atoms with Crippen molar-refractivity contribution in [3.05, 3.63) is 34.4 Å². The zero-order chi connectivity index (χ0) is 18.1. The van der Waals surface area contributed by atoms with E-state index in [9.17, 15) is 14.7 Å².